The maximum Gasteiger partial charge on any atom is 0.291 e. The van der Waals surface area contributed by atoms with Crippen LogP contribution in [0.4, 0.5) is 0 Å². The van der Waals surface area contributed by atoms with Gasteiger partial charge in [0.05, 0.1) is 25.4 Å². The van der Waals surface area contributed by atoms with Gasteiger partial charge < -0.3 is 9.47 Å². The fourth-order valence-corrected chi connectivity index (χ4v) is 1.98. The van der Waals surface area contributed by atoms with Crippen molar-refractivity contribution in [2.45, 2.75) is 0 Å². The Labute approximate surface area is 131 Å². The van der Waals surface area contributed by atoms with Gasteiger partial charge >= 0.3 is 0 Å². The molecule has 0 saturated heterocycles. The molecule has 0 aliphatic carbocycles. The van der Waals surface area contributed by atoms with Crippen molar-refractivity contribution in [2.75, 3.05) is 14.2 Å². The molecule has 1 heterocycles. The maximum absolute atomic E-state index is 11.9. The largest absolute Gasteiger partial charge is 0.493 e. The van der Waals surface area contributed by atoms with E-state index < -0.39 is 5.56 Å². The second kappa shape index (κ2) is 6.65. The van der Waals surface area contributed by atoms with E-state index in [0.29, 0.717) is 11.5 Å². The highest BCUT2D eigenvalue weighted by atomic mass is 35.5. The van der Waals surface area contributed by atoms with Gasteiger partial charge in [-0.15, -0.1) is 0 Å². The predicted molar refractivity (Wildman–Crippen MR) is 83.3 cm³/mol. The molecule has 110 valence electrons. The fourth-order valence-electron chi connectivity index (χ4n) is 1.73. The molecule has 0 atom stereocenters. The summed E-state index contributed by atoms with van der Waals surface area (Å²) >= 11 is 11.5. The SMILES string of the molecule is COc1cccc(/C=C/n2ncc(Cl)c(Cl)c2=O)c1OC. The van der Waals surface area contributed by atoms with Crippen molar-refractivity contribution in [1.82, 2.24) is 9.78 Å². The smallest absolute Gasteiger partial charge is 0.291 e. The Hall–Kier alpha value is -1.98. The lowest BCUT2D eigenvalue weighted by molar-refractivity contribution is 0.354. The molecular weight excluding hydrogens is 315 g/mol. The van der Waals surface area contributed by atoms with Crippen LogP contribution in [-0.2, 0) is 0 Å². The minimum Gasteiger partial charge on any atom is -0.493 e. The van der Waals surface area contributed by atoms with E-state index in [0.717, 1.165) is 10.2 Å². The summed E-state index contributed by atoms with van der Waals surface area (Å²) in [6, 6.07) is 5.41. The van der Waals surface area contributed by atoms with Gasteiger partial charge in [0, 0.05) is 11.8 Å². The van der Waals surface area contributed by atoms with Crippen LogP contribution < -0.4 is 15.0 Å². The molecule has 0 unspecified atom stereocenters. The van der Waals surface area contributed by atoms with Crippen LogP contribution in [0.3, 0.4) is 0 Å². The Kier molecular flexibility index (Phi) is 4.88. The summed E-state index contributed by atoms with van der Waals surface area (Å²) < 4.78 is 11.6. The second-order valence-corrected chi connectivity index (χ2v) is 4.74. The molecule has 7 heteroatoms. The molecule has 0 saturated carbocycles. The zero-order chi connectivity index (χ0) is 15.4. The molecule has 21 heavy (non-hydrogen) atoms. The van der Waals surface area contributed by atoms with E-state index in [1.54, 1.807) is 26.4 Å². The molecule has 0 bridgehead atoms. The van der Waals surface area contributed by atoms with E-state index in [4.69, 9.17) is 32.7 Å². The van der Waals surface area contributed by atoms with Gasteiger partial charge in [-0.25, -0.2) is 4.68 Å². The third-order valence-corrected chi connectivity index (χ3v) is 3.48. The van der Waals surface area contributed by atoms with Crippen LogP contribution in [0, 0.1) is 0 Å². The number of rotatable bonds is 4. The Bertz CT molecular complexity index is 741. The monoisotopic (exact) mass is 326 g/mol. The van der Waals surface area contributed by atoms with Gasteiger partial charge in [0.25, 0.3) is 5.56 Å². The van der Waals surface area contributed by atoms with Gasteiger partial charge in [-0.3, -0.25) is 4.79 Å². The van der Waals surface area contributed by atoms with Crippen LogP contribution in [0.2, 0.25) is 10.0 Å². The van der Waals surface area contributed by atoms with E-state index in [1.165, 1.54) is 12.4 Å². The van der Waals surface area contributed by atoms with Crippen LogP contribution >= 0.6 is 23.2 Å². The van der Waals surface area contributed by atoms with Crippen molar-refractivity contribution in [3.8, 4) is 11.5 Å². The number of aromatic nitrogens is 2. The maximum atomic E-state index is 11.9. The number of para-hydroxylation sites is 1. The minimum atomic E-state index is -0.498. The van der Waals surface area contributed by atoms with Crippen LogP contribution in [0.25, 0.3) is 12.3 Å². The van der Waals surface area contributed by atoms with Gasteiger partial charge in [-0.05, 0) is 12.1 Å². The number of hydrogen-bond acceptors (Lipinski definition) is 4. The lowest BCUT2D eigenvalue weighted by Crippen LogP contribution is -2.18. The van der Waals surface area contributed by atoms with E-state index >= 15 is 0 Å². The standard InChI is InChI=1S/C14H12Cl2N2O3/c1-20-11-5-3-4-9(13(11)21-2)6-7-18-14(19)12(16)10(15)8-17-18/h3-8H,1-2H3/b7-6+. The Morgan fingerprint density at radius 1 is 1.24 bits per heavy atom. The molecule has 0 spiro atoms. The van der Waals surface area contributed by atoms with Crippen molar-refractivity contribution < 1.29 is 9.47 Å². The zero-order valence-electron chi connectivity index (χ0n) is 11.3. The molecule has 0 N–H and O–H groups in total. The third kappa shape index (κ3) is 3.20. The quantitative estimate of drug-likeness (QED) is 0.865. The molecule has 0 aliphatic rings. The Balaban J connectivity index is 2.43. The first-order valence-electron chi connectivity index (χ1n) is 5.90. The van der Waals surface area contributed by atoms with Crippen molar-refractivity contribution in [3.63, 3.8) is 0 Å². The van der Waals surface area contributed by atoms with Crippen molar-refractivity contribution >= 4 is 35.5 Å². The summed E-state index contributed by atoms with van der Waals surface area (Å²) in [6.07, 6.45) is 4.44. The average molecular weight is 327 g/mol. The highest BCUT2D eigenvalue weighted by molar-refractivity contribution is 6.41. The summed E-state index contributed by atoms with van der Waals surface area (Å²) in [7, 11) is 3.09. The van der Waals surface area contributed by atoms with Gasteiger partial charge in [-0.1, -0.05) is 35.3 Å². The molecular formula is C14H12Cl2N2O3. The van der Waals surface area contributed by atoms with Crippen LogP contribution in [0.15, 0.2) is 29.2 Å². The fraction of sp³-hybridized carbons (Fsp3) is 0.143. The number of benzene rings is 1. The molecule has 2 aromatic rings. The Morgan fingerprint density at radius 2 is 2.00 bits per heavy atom. The molecule has 0 aliphatic heterocycles. The number of halogens is 2. The van der Waals surface area contributed by atoms with Gasteiger partial charge in [-0.2, -0.15) is 5.10 Å². The lowest BCUT2D eigenvalue weighted by atomic mass is 10.2. The highest BCUT2D eigenvalue weighted by Crippen LogP contribution is 2.31. The molecule has 1 aromatic heterocycles. The molecule has 1 aromatic carbocycles. The van der Waals surface area contributed by atoms with E-state index in [1.807, 2.05) is 12.1 Å². The van der Waals surface area contributed by atoms with Gasteiger partial charge in [0.15, 0.2) is 11.5 Å². The van der Waals surface area contributed by atoms with Gasteiger partial charge in [0.1, 0.15) is 5.02 Å². The molecule has 2 rings (SSSR count). The predicted octanol–water partition coefficient (Wildman–Crippen LogP) is 3.20. The first-order valence-corrected chi connectivity index (χ1v) is 6.66. The van der Waals surface area contributed by atoms with E-state index in [9.17, 15) is 4.79 Å². The van der Waals surface area contributed by atoms with E-state index in [2.05, 4.69) is 5.10 Å². The third-order valence-electron chi connectivity index (χ3n) is 2.73. The van der Waals surface area contributed by atoms with Crippen molar-refractivity contribution in [3.05, 3.63) is 50.4 Å². The topological polar surface area (TPSA) is 53.4 Å². The normalized spacial score (nSPS) is 10.9. The molecule has 0 amide bonds. The summed E-state index contributed by atoms with van der Waals surface area (Å²) in [5.41, 5.74) is 0.235. The molecule has 0 radical (unpaired) electrons. The molecule has 5 nitrogen and oxygen atoms in total. The van der Waals surface area contributed by atoms with Crippen molar-refractivity contribution in [2.24, 2.45) is 0 Å². The number of methoxy groups -OCH3 is 2. The van der Waals surface area contributed by atoms with Gasteiger partial charge in [0.2, 0.25) is 0 Å². The zero-order valence-corrected chi connectivity index (χ0v) is 12.9. The van der Waals surface area contributed by atoms with Crippen LogP contribution in [-0.4, -0.2) is 24.0 Å². The summed E-state index contributed by atoms with van der Waals surface area (Å²) in [4.78, 5) is 11.9. The number of nitrogens with zero attached hydrogens (tertiary/aromatic N) is 2. The summed E-state index contributed by atoms with van der Waals surface area (Å²) in [5, 5.41) is 3.92. The first-order chi connectivity index (χ1) is 10.1. The van der Waals surface area contributed by atoms with Crippen LogP contribution in [0.1, 0.15) is 5.56 Å². The number of hydrogen-bond donors (Lipinski definition) is 0. The van der Waals surface area contributed by atoms with Crippen LogP contribution in [0.5, 0.6) is 11.5 Å². The highest BCUT2D eigenvalue weighted by Gasteiger charge is 2.08. The first kappa shape index (κ1) is 15.4. The van der Waals surface area contributed by atoms with E-state index in [-0.39, 0.29) is 10.0 Å². The van der Waals surface area contributed by atoms with Crippen molar-refractivity contribution in [1.29, 1.82) is 0 Å². The number of ether oxygens (including phenoxy) is 2. The minimum absolute atomic E-state index is 0.0751. The summed E-state index contributed by atoms with van der Waals surface area (Å²) in [6.45, 7) is 0. The average Bonchev–Trinajstić information content (AvgIpc) is 2.51. The second-order valence-electron chi connectivity index (χ2n) is 3.95. The molecule has 0 fully saturated rings. The summed E-state index contributed by atoms with van der Waals surface area (Å²) in [5.74, 6) is 1.15. The Morgan fingerprint density at radius 3 is 2.67 bits per heavy atom. The lowest BCUT2D eigenvalue weighted by Gasteiger charge is -2.09.